The summed E-state index contributed by atoms with van der Waals surface area (Å²) >= 11 is 1.86. The number of esters is 1. The number of ether oxygens (including phenoxy) is 1. The molecule has 6 nitrogen and oxygen atoms in total. The largest absolute Gasteiger partial charge is 0.462 e. The third-order valence-electron chi connectivity index (χ3n) is 2.52. The van der Waals surface area contributed by atoms with E-state index in [1.807, 2.05) is 22.6 Å². The number of amides is 1. The fourth-order valence-electron chi connectivity index (χ4n) is 1.78. The standard InChI is InChI=1S/C10H11FIN3O3/c1-2-18-10(17)6-7-9(16)13-5(3-11)4-15(7)14-8(6)12/h5H,2-4H2,1H3,(H,13,16). The quantitative estimate of drug-likeness (QED) is 0.632. The summed E-state index contributed by atoms with van der Waals surface area (Å²) in [5.74, 6) is -1.08. The lowest BCUT2D eigenvalue weighted by molar-refractivity contribution is 0.0519. The van der Waals surface area contributed by atoms with Gasteiger partial charge in [0.05, 0.1) is 19.2 Å². The first-order valence-corrected chi connectivity index (χ1v) is 6.46. The number of nitrogens with zero attached hydrogens (tertiary/aromatic N) is 2. The minimum absolute atomic E-state index is 0.141. The minimum atomic E-state index is -0.670. The maximum atomic E-state index is 12.6. The van der Waals surface area contributed by atoms with Gasteiger partial charge in [0.1, 0.15) is 21.6 Å². The van der Waals surface area contributed by atoms with Gasteiger partial charge in [0, 0.05) is 0 Å². The molecule has 2 rings (SSSR count). The van der Waals surface area contributed by atoms with Crippen LogP contribution >= 0.6 is 22.6 Å². The van der Waals surface area contributed by atoms with E-state index in [0.29, 0.717) is 3.70 Å². The molecular weight excluding hydrogens is 356 g/mol. The molecule has 8 heteroatoms. The van der Waals surface area contributed by atoms with Gasteiger partial charge in [0.15, 0.2) is 0 Å². The first kappa shape index (κ1) is 13.2. The molecule has 1 aliphatic heterocycles. The lowest BCUT2D eigenvalue weighted by Crippen LogP contribution is -2.46. The molecule has 1 atom stereocenters. The minimum Gasteiger partial charge on any atom is -0.462 e. The Morgan fingerprint density at radius 2 is 2.44 bits per heavy atom. The Bertz CT molecular complexity index is 503. The molecular formula is C10H11FIN3O3. The van der Waals surface area contributed by atoms with E-state index >= 15 is 0 Å². The third kappa shape index (κ3) is 2.20. The molecule has 0 saturated carbocycles. The number of rotatable bonds is 3. The van der Waals surface area contributed by atoms with Crippen LogP contribution < -0.4 is 5.32 Å². The van der Waals surface area contributed by atoms with Gasteiger partial charge in [-0.2, -0.15) is 5.10 Å². The highest BCUT2D eigenvalue weighted by Crippen LogP contribution is 2.21. The monoisotopic (exact) mass is 367 g/mol. The number of nitrogens with one attached hydrogen (secondary N) is 1. The van der Waals surface area contributed by atoms with Crippen LogP contribution in [0.4, 0.5) is 4.39 Å². The van der Waals surface area contributed by atoms with Crippen LogP contribution in [0.5, 0.6) is 0 Å². The van der Waals surface area contributed by atoms with Crippen molar-refractivity contribution in [2.24, 2.45) is 0 Å². The lowest BCUT2D eigenvalue weighted by Gasteiger charge is -2.22. The molecule has 0 saturated heterocycles. The van der Waals surface area contributed by atoms with E-state index < -0.39 is 24.6 Å². The highest BCUT2D eigenvalue weighted by atomic mass is 127. The summed E-state index contributed by atoms with van der Waals surface area (Å²) in [6.07, 6.45) is 0. The van der Waals surface area contributed by atoms with Crippen LogP contribution in [0, 0.1) is 3.70 Å². The van der Waals surface area contributed by atoms with Gasteiger partial charge in [0.2, 0.25) is 0 Å². The average molecular weight is 367 g/mol. The van der Waals surface area contributed by atoms with E-state index in [-0.39, 0.29) is 24.4 Å². The Balaban J connectivity index is 2.43. The molecule has 1 N–H and O–H groups in total. The van der Waals surface area contributed by atoms with Crippen LogP contribution in [0.1, 0.15) is 27.8 Å². The van der Waals surface area contributed by atoms with E-state index in [9.17, 15) is 14.0 Å². The number of fused-ring (bicyclic) bond motifs is 1. The first-order chi connectivity index (χ1) is 8.58. The third-order valence-corrected chi connectivity index (χ3v) is 3.27. The fraction of sp³-hybridized carbons (Fsp3) is 0.500. The molecule has 0 radical (unpaired) electrons. The average Bonchev–Trinajstić information content (AvgIpc) is 2.66. The van der Waals surface area contributed by atoms with Gasteiger partial charge in [-0.1, -0.05) is 0 Å². The van der Waals surface area contributed by atoms with Crippen molar-refractivity contribution in [1.82, 2.24) is 15.1 Å². The Hall–Kier alpha value is -1.19. The zero-order valence-corrected chi connectivity index (χ0v) is 11.7. The SMILES string of the molecule is CCOC(=O)c1c(I)nn2c1C(=O)NC(CF)C2. The van der Waals surface area contributed by atoms with Crippen molar-refractivity contribution in [3.8, 4) is 0 Å². The number of hydrogen-bond donors (Lipinski definition) is 1. The van der Waals surface area contributed by atoms with Gasteiger partial charge in [-0.3, -0.25) is 9.48 Å². The van der Waals surface area contributed by atoms with Crippen molar-refractivity contribution in [1.29, 1.82) is 0 Å². The zero-order chi connectivity index (χ0) is 13.3. The van der Waals surface area contributed by atoms with Crippen LogP contribution in [0.3, 0.4) is 0 Å². The van der Waals surface area contributed by atoms with Gasteiger partial charge in [-0.15, -0.1) is 0 Å². The van der Waals surface area contributed by atoms with E-state index in [1.54, 1.807) is 6.92 Å². The molecule has 18 heavy (non-hydrogen) atoms. The van der Waals surface area contributed by atoms with Gasteiger partial charge in [-0.25, -0.2) is 9.18 Å². The number of carbonyl (C=O) groups is 2. The van der Waals surface area contributed by atoms with Crippen molar-refractivity contribution in [3.05, 3.63) is 15.0 Å². The molecule has 0 aliphatic carbocycles. The predicted octanol–water partition coefficient (Wildman–Crippen LogP) is 0.746. The number of carbonyl (C=O) groups excluding carboxylic acids is 2. The maximum absolute atomic E-state index is 12.6. The first-order valence-electron chi connectivity index (χ1n) is 5.38. The van der Waals surface area contributed by atoms with Crippen molar-refractivity contribution in [2.45, 2.75) is 19.5 Å². The second-order valence-corrected chi connectivity index (χ2v) is 4.76. The normalized spacial score (nSPS) is 18.2. The highest BCUT2D eigenvalue weighted by Gasteiger charge is 2.33. The van der Waals surface area contributed by atoms with Crippen LogP contribution in [0.2, 0.25) is 0 Å². The zero-order valence-electron chi connectivity index (χ0n) is 9.57. The predicted molar refractivity (Wildman–Crippen MR) is 68.1 cm³/mol. The Labute approximate surface area is 116 Å². The molecule has 2 heterocycles. The van der Waals surface area contributed by atoms with Crippen LogP contribution in [-0.4, -0.2) is 41.0 Å². The van der Waals surface area contributed by atoms with E-state index in [1.165, 1.54) is 4.68 Å². The van der Waals surface area contributed by atoms with Crippen LogP contribution in [0.25, 0.3) is 0 Å². The molecule has 0 spiro atoms. The van der Waals surface area contributed by atoms with Crippen LogP contribution in [0.15, 0.2) is 0 Å². The number of aromatic nitrogens is 2. The molecule has 1 aromatic heterocycles. The summed E-state index contributed by atoms with van der Waals surface area (Å²) in [6.45, 7) is 1.44. The van der Waals surface area contributed by atoms with E-state index in [0.717, 1.165) is 0 Å². The second-order valence-electron chi connectivity index (χ2n) is 3.74. The van der Waals surface area contributed by atoms with Gasteiger partial charge >= 0.3 is 5.97 Å². The van der Waals surface area contributed by atoms with E-state index in [4.69, 9.17) is 4.74 Å². The number of hydrogen-bond acceptors (Lipinski definition) is 4. The van der Waals surface area contributed by atoms with Crippen molar-refractivity contribution in [2.75, 3.05) is 13.3 Å². The summed E-state index contributed by atoms with van der Waals surface area (Å²) in [6, 6.07) is -0.601. The summed E-state index contributed by atoms with van der Waals surface area (Å²) < 4.78 is 19.2. The highest BCUT2D eigenvalue weighted by molar-refractivity contribution is 14.1. The molecule has 1 unspecified atom stereocenters. The Kier molecular flexibility index (Phi) is 3.83. The van der Waals surface area contributed by atoms with Gasteiger partial charge in [-0.05, 0) is 29.5 Å². The molecule has 0 aromatic carbocycles. The van der Waals surface area contributed by atoms with Gasteiger partial charge in [0.25, 0.3) is 5.91 Å². The number of halogens is 2. The number of alkyl halides is 1. The summed E-state index contributed by atoms with van der Waals surface area (Å²) in [5, 5.41) is 6.57. The Morgan fingerprint density at radius 1 is 1.72 bits per heavy atom. The van der Waals surface area contributed by atoms with Crippen LogP contribution in [-0.2, 0) is 11.3 Å². The second kappa shape index (κ2) is 5.21. The lowest BCUT2D eigenvalue weighted by atomic mass is 10.1. The van der Waals surface area contributed by atoms with E-state index in [2.05, 4.69) is 10.4 Å². The molecule has 1 aromatic rings. The maximum Gasteiger partial charge on any atom is 0.343 e. The molecule has 1 amide bonds. The molecule has 0 fully saturated rings. The van der Waals surface area contributed by atoms with Gasteiger partial charge < -0.3 is 10.1 Å². The molecule has 98 valence electrons. The molecule has 0 bridgehead atoms. The van der Waals surface area contributed by atoms with Crippen molar-refractivity contribution >= 4 is 34.5 Å². The smallest absolute Gasteiger partial charge is 0.343 e. The summed E-state index contributed by atoms with van der Waals surface area (Å²) in [7, 11) is 0. The molecule has 1 aliphatic rings. The van der Waals surface area contributed by atoms with Crippen molar-refractivity contribution < 1.29 is 18.7 Å². The Morgan fingerprint density at radius 3 is 3.06 bits per heavy atom. The fourth-order valence-corrected chi connectivity index (χ4v) is 2.51. The topological polar surface area (TPSA) is 73.2 Å². The van der Waals surface area contributed by atoms with Crippen molar-refractivity contribution in [3.63, 3.8) is 0 Å². The summed E-state index contributed by atoms with van der Waals surface area (Å²) in [5.41, 5.74) is 0.287. The summed E-state index contributed by atoms with van der Waals surface area (Å²) in [4.78, 5) is 23.6.